The third-order valence-corrected chi connectivity index (χ3v) is 8.41. The molecule has 4 unspecified atom stereocenters. The second kappa shape index (κ2) is 16.1. The quantitative estimate of drug-likeness (QED) is 0.203. The van der Waals surface area contributed by atoms with Crippen LogP contribution in [-0.2, 0) is 0 Å². The van der Waals surface area contributed by atoms with Crippen molar-refractivity contribution in [3.8, 4) is 0 Å². The van der Waals surface area contributed by atoms with Crippen molar-refractivity contribution in [2.24, 2.45) is 22.7 Å². The predicted octanol–water partition coefficient (Wildman–Crippen LogP) is 10.3. The average molecular weight is 569 g/mol. The van der Waals surface area contributed by atoms with Crippen LogP contribution in [-0.4, -0.2) is 22.4 Å². The summed E-state index contributed by atoms with van der Waals surface area (Å²) in [4.78, 5) is 0. The molecule has 2 aliphatic carbocycles. The van der Waals surface area contributed by atoms with Gasteiger partial charge in [-0.1, -0.05) is 158 Å². The van der Waals surface area contributed by atoms with Crippen molar-refractivity contribution in [3.63, 3.8) is 0 Å². The van der Waals surface area contributed by atoms with E-state index in [-0.39, 0.29) is 23.0 Å². The molecule has 0 aromatic carbocycles. The fourth-order valence-corrected chi connectivity index (χ4v) is 6.16. The van der Waals surface area contributed by atoms with Gasteiger partial charge >= 0.3 is 0 Å². The molecule has 0 saturated carbocycles. The second-order valence-electron chi connectivity index (χ2n) is 13.8. The minimum Gasteiger partial charge on any atom is -0.389 e. The molecule has 0 fully saturated rings. The summed E-state index contributed by atoms with van der Waals surface area (Å²) in [6, 6.07) is 0. The smallest absolute Gasteiger partial charge is 0.0729 e. The van der Waals surface area contributed by atoms with Crippen molar-refractivity contribution < 1.29 is 10.2 Å². The highest BCUT2D eigenvalue weighted by Gasteiger charge is 2.35. The molecule has 228 valence electrons. The minimum absolute atomic E-state index is 0.0574. The highest BCUT2D eigenvalue weighted by molar-refractivity contribution is 5.33. The molecule has 0 radical (unpaired) electrons. The highest BCUT2D eigenvalue weighted by Crippen LogP contribution is 2.42. The fraction of sp³-hybridized carbons (Fsp3) is 0.450. The lowest BCUT2D eigenvalue weighted by atomic mass is 9.67. The van der Waals surface area contributed by atoms with Crippen LogP contribution < -0.4 is 0 Å². The van der Waals surface area contributed by atoms with Gasteiger partial charge in [0.25, 0.3) is 0 Å². The highest BCUT2D eigenvalue weighted by atomic mass is 16.3. The zero-order valence-corrected chi connectivity index (χ0v) is 27.9. The molecule has 0 aromatic rings. The molecular formula is C40H56O2. The van der Waals surface area contributed by atoms with Crippen LogP contribution in [0.15, 0.2) is 131 Å². The number of hydrogen-bond donors (Lipinski definition) is 2. The standard InChI is InChI=1S/C40H56O2/c1-29(17-13-19-31(3)21-23-37-33(5)25-35(41)27-39(37,7)8)15-11-12-16-30(2)18-14-20-32(4)22-24-38-34(6)26-36(42)28-40(38,9)10/h11-26,35-38,41-42H,27-28H2,1-10H3. The first-order valence-electron chi connectivity index (χ1n) is 15.4. The molecule has 0 heterocycles. The van der Waals surface area contributed by atoms with Gasteiger partial charge < -0.3 is 10.2 Å². The van der Waals surface area contributed by atoms with E-state index >= 15 is 0 Å². The van der Waals surface area contributed by atoms with E-state index in [2.05, 4.69) is 154 Å². The Labute approximate surface area is 257 Å². The Balaban J connectivity index is 1.89. The van der Waals surface area contributed by atoms with Crippen LogP contribution in [0.3, 0.4) is 0 Å². The summed E-state index contributed by atoms with van der Waals surface area (Å²) in [6.07, 6.45) is 35.0. The van der Waals surface area contributed by atoms with Crippen LogP contribution in [0.5, 0.6) is 0 Å². The summed E-state index contributed by atoms with van der Waals surface area (Å²) in [5.74, 6) is 0.696. The minimum atomic E-state index is -0.331. The zero-order valence-electron chi connectivity index (χ0n) is 27.9. The van der Waals surface area contributed by atoms with Crippen LogP contribution in [0, 0.1) is 22.7 Å². The van der Waals surface area contributed by atoms with Gasteiger partial charge in [-0.05, 0) is 65.2 Å². The van der Waals surface area contributed by atoms with Gasteiger partial charge in [-0.3, -0.25) is 0 Å². The van der Waals surface area contributed by atoms with Crippen LogP contribution in [0.4, 0.5) is 0 Å². The Morgan fingerprint density at radius 3 is 1.21 bits per heavy atom. The third-order valence-electron chi connectivity index (χ3n) is 8.41. The van der Waals surface area contributed by atoms with Crippen LogP contribution in [0.1, 0.15) is 82.1 Å². The Hall–Kier alpha value is -2.94. The summed E-state index contributed by atoms with van der Waals surface area (Å²) >= 11 is 0. The zero-order chi connectivity index (χ0) is 31.5. The molecule has 0 spiro atoms. The molecule has 0 aromatic heterocycles. The van der Waals surface area contributed by atoms with E-state index in [4.69, 9.17) is 0 Å². The number of rotatable bonds is 10. The monoisotopic (exact) mass is 568 g/mol. The van der Waals surface area contributed by atoms with Gasteiger partial charge in [-0.2, -0.15) is 0 Å². The Morgan fingerprint density at radius 2 is 0.881 bits per heavy atom. The van der Waals surface area contributed by atoms with Crippen molar-refractivity contribution in [3.05, 3.63) is 131 Å². The Kier molecular flexibility index (Phi) is 13.5. The van der Waals surface area contributed by atoms with E-state index in [1.54, 1.807) is 0 Å². The van der Waals surface area contributed by atoms with E-state index in [9.17, 15) is 10.2 Å². The lowest BCUT2D eigenvalue weighted by Crippen LogP contribution is -2.32. The molecule has 0 bridgehead atoms. The first-order valence-corrected chi connectivity index (χ1v) is 15.4. The van der Waals surface area contributed by atoms with Gasteiger partial charge in [-0.25, -0.2) is 0 Å². The molecule has 42 heavy (non-hydrogen) atoms. The molecule has 0 saturated heterocycles. The number of allylic oxidation sites excluding steroid dienone is 20. The van der Waals surface area contributed by atoms with E-state index in [1.165, 1.54) is 33.4 Å². The largest absolute Gasteiger partial charge is 0.389 e. The van der Waals surface area contributed by atoms with E-state index in [0.717, 1.165) is 12.8 Å². The SMILES string of the molecule is CC(C=CC=C(C)C=CC1C(C)=CC(O)CC1(C)C)=CC=CC=C(C)C=CC=C(C)C=CC1C(C)=CC(O)CC1(C)C. The van der Waals surface area contributed by atoms with Crippen LogP contribution >= 0.6 is 0 Å². The summed E-state index contributed by atoms with van der Waals surface area (Å²) < 4.78 is 0. The maximum absolute atomic E-state index is 10.1. The van der Waals surface area contributed by atoms with Crippen LogP contribution in [0.2, 0.25) is 0 Å². The van der Waals surface area contributed by atoms with E-state index in [0.29, 0.717) is 11.8 Å². The van der Waals surface area contributed by atoms with Gasteiger partial charge in [0.05, 0.1) is 12.2 Å². The van der Waals surface area contributed by atoms with E-state index in [1.807, 2.05) is 12.2 Å². The molecule has 0 amide bonds. The lowest BCUT2D eigenvalue weighted by molar-refractivity contribution is 0.117. The van der Waals surface area contributed by atoms with Gasteiger partial charge in [0, 0.05) is 11.8 Å². The molecule has 4 atom stereocenters. The van der Waals surface area contributed by atoms with Gasteiger partial charge in [0.15, 0.2) is 0 Å². The van der Waals surface area contributed by atoms with Crippen molar-refractivity contribution in [1.29, 1.82) is 0 Å². The topological polar surface area (TPSA) is 40.5 Å². The van der Waals surface area contributed by atoms with Crippen molar-refractivity contribution in [2.45, 2.75) is 94.3 Å². The average Bonchev–Trinajstić information content (AvgIpc) is 2.84. The predicted molar refractivity (Wildman–Crippen MR) is 184 cm³/mol. The second-order valence-corrected chi connectivity index (χ2v) is 13.8. The molecule has 2 N–H and O–H groups in total. The molecule has 2 aliphatic rings. The first-order chi connectivity index (χ1) is 19.6. The van der Waals surface area contributed by atoms with Crippen molar-refractivity contribution >= 4 is 0 Å². The van der Waals surface area contributed by atoms with Gasteiger partial charge in [0.1, 0.15) is 0 Å². The van der Waals surface area contributed by atoms with Crippen molar-refractivity contribution in [1.82, 2.24) is 0 Å². The Bertz CT molecular complexity index is 1160. The molecule has 2 rings (SSSR count). The van der Waals surface area contributed by atoms with Gasteiger partial charge in [-0.15, -0.1) is 0 Å². The normalized spacial score (nSPS) is 28.1. The summed E-state index contributed by atoms with van der Waals surface area (Å²) in [6.45, 7) is 21.6. The van der Waals surface area contributed by atoms with Gasteiger partial charge in [0.2, 0.25) is 0 Å². The van der Waals surface area contributed by atoms with Crippen LogP contribution in [0.25, 0.3) is 0 Å². The maximum Gasteiger partial charge on any atom is 0.0729 e. The third kappa shape index (κ3) is 11.7. The molecular weight excluding hydrogens is 512 g/mol. The number of hydrogen-bond acceptors (Lipinski definition) is 2. The molecule has 2 heteroatoms. The first kappa shape index (κ1) is 35.3. The number of aliphatic hydroxyl groups is 2. The molecule has 2 nitrogen and oxygen atoms in total. The maximum atomic E-state index is 10.1. The number of aliphatic hydroxyl groups excluding tert-OH is 2. The fourth-order valence-electron chi connectivity index (χ4n) is 6.16. The van der Waals surface area contributed by atoms with E-state index < -0.39 is 0 Å². The summed E-state index contributed by atoms with van der Waals surface area (Å²) in [5, 5.41) is 20.1. The molecule has 0 aliphatic heterocycles. The van der Waals surface area contributed by atoms with Crippen molar-refractivity contribution in [2.75, 3.05) is 0 Å². The Morgan fingerprint density at radius 1 is 0.571 bits per heavy atom. The lowest BCUT2D eigenvalue weighted by Gasteiger charge is -2.38. The summed E-state index contributed by atoms with van der Waals surface area (Å²) in [5.41, 5.74) is 7.40. The summed E-state index contributed by atoms with van der Waals surface area (Å²) in [7, 11) is 0.